The first kappa shape index (κ1) is 9.92. The van der Waals surface area contributed by atoms with Crippen LogP contribution in [0, 0.1) is 0 Å². The van der Waals surface area contributed by atoms with Crippen molar-refractivity contribution in [2.45, 2.75) is 0 Å². The third-order valence-electron chi connectivity index (χ3n) is 1.51. The monoisotopic (exact) mass is 196 g/mol. The maximum absolute atomic E-state index is 5.66. The molecule has 0 unspecified atom stereocenters. The van der Waals surface area contributed by atoms with Crippen LogP contribution >= 0.6 is 12.6 Å². The van der Waals surface area contributed by atoms with Crippen LogP contribution in [0.3, 0.4) is 0 Å². The quantitative estimate of drug-likeness (QED) is 0.722. The minimum Gasteiger partial charge on any atom is -0.480 e. The summed E-state index contributed by atoms with van der Waals surface area (Å²) in [6, 6.07) is 1.81. The van der Waals surface area contributed by atoms with Gasteiger partial charge in [-0.05, 0) is 11.6 Å². The molecule has 0 atom stereocenters. The summed E-state index contributed by atoms with van der Waals surface area (Å²) in [4.78, 5) is 4.03. The largest absolute Gasteiger partial charge is 0.480 e. The Labute approximate surface area is 83.0 Å². The number of thiol groups is 1. The predicted molar refractivity (Wildman–Crippen MR) is 58.1 cm³/mol. The summed E-state index contributed by atoms with van der Waals surface area (Å²) in [5.74, 6) is 1.16. The van der Waals surface area contributed by atoms with Crippen LogP contribution < -0.4 is 10.5 Å². The van der Waals surface area contributed by atoms with Gasteiger partial charge < -0.3 is 10.5 Å². The third-order valence-corrected chi connectivity index (χ3v) is 1.72. The van der Waals surface area contributed by atoms with E-state index >= 15 is 0 Å². The maximum atomic E-state index is 5.66. The third kappa shape index (κ3) is 2.66. The highest BCUT2D eigenvalue weighted by Gasteiger charge is 1.99. The Morgan fingerprint density at radius 2 is 2.46 bits per heavy atom. The van der Waals surface area contributed by atoms with Crippen molar-refractivity contribution in [2.75, 3.05) is 18.6 Å². The van der Waals surface area contributed by atoms with Crippen LogP contribution in [0.15, 0.2) is 18.3 Å². The van der Waals surface area contributed by atoms with Gasteiger partial charge in [0, 0.05) is 11.9 Å². The van der Waals surface area contributed by atoms with Crippen molar-refractivity contribution in [2.24, 2.45) is 0 Å². The highest BCUT2D eigenvalue weighted by molar-refractivity contribution is 7.80. The summed E-state index contributed by atoms with van der Waals surface area (Å²) in [5, 5.41) is 0. The maximum Gasteiger partial charge on any atom is 0.236 e. The molecule has 4 heteroatoms. The highest BCUT2D eigenvalue weighted by atomic mass is 32.1. The van der Waals surface area contributed by atoms with Crippen molar-refractivity contribution >= 4 is 24.4 Å². The molecule has 1 aromatic rings. The van der Waals surface area contributed by atoms with Gasteiger partial charge in [-0.1, -0.05) is 12.2 Å². The number of hydrogen-bond acceptors (Lipinski definition) is 4. The molecule has 0 amide bonds. The van der Waals surface area contributed by atoms with Crippen molar-refractivity contribution < 1.29 is 4.74 Å². The van der Waals surface area contributed by atoms with Gasteiger partial charge in [0.1, 0.15) is 0 Å². The topological polar surface area (TPSA) is 48.1 Å². The van der Waals surface area contributed by atoms with Crippen molar-refractivity contribution in [3.8, 4) is 5.88 Å². The zero-order valence-corrected chi connectivity index (χ0v) is 8.29. The molecule has 0 fully saturated rings. The standard InChI is InChI=1S/C9H12N2OS/c1-12-9-8(10)5-7(6-11-9)3-2-4-13/h2-3,5-6,13H,4,10H2,1H3. The smallest absolute Gasteiger partial charge is 0.236 e. The fourth-order valence-electron chi connectivity index (χ4n) is 0.937. The van der Waals surface area contributed by atoms with Gasteiger partial charge in [-0.3, -0.25) is 0 Å². The zero-order chi connectivity index (χ0) is 9.68. The van der Waals surface area contributed by atoms with Gasteiger partial charge in [0.15, 0.2) is 0 Å². The van der Waals surface area contributed by atoms with Crippen molar-refractivity contribution in [1.82, 2.24) is 4.98 Å². The molecule has 1 aromatic heterocycles. The first-order valence-corrected chi connectivity index (χ1v) is 4.48. The van der Waals surface area contributed by atoms with Gasteiger partial charge in [-0.2, -0.15) is 12.6 Å². The highest BCUT2D eigenvalue weighted by Crippen LogP contribution is 2.18. The van der Waals surface area contributed by atoms with Crippen molar-refractivity contribution in [1.29, 1.82) is 0 Å². The van der Waals surface area contributed by atoms with Gasteiger partial charge in [-0.25, -0.2) is 4.98 Å². The Balaban J connectivity index is 2.89. The molecular formula is C9H12N2OS. The number of methoxy groups -OCH3 is 1. The molecule has 0 saturated heterocycles. The lowest BCUT2D eigenvalue weighted by atomic mass is 10.2. The van der Waals surface area contributed by atoms with Crippen LogP contribution in [0.4, 0.5) is 5.69 Å². The summed E-state index contributed by atoms with van der Waals surface area (Å²) >= 11 is 4.05. The molecule has 0 aromatic carbocycles. The minimum absolute atomic E-state index is 0.461. The van der Waals surface area contributed by atoms with Crippen LogP contribution in [0.2, 0.25) is 0 Å². The number of rotatable bonds is 3. The number of hydrogen-bond donors (Lipinski definition) is 2. The van der Waals surface area contributed by atoms with E-state index in [1.807, 2.05) is 18.2 Å². The zero-order valence-electron chi connectivity index (χ0n) is 7.40. The van der Waals surface area contributed by atoms with E-state index in [0.29, 0.717) is 17.3 Å². The number of nitrogens with two attached hydrogens (primary N) is 1. The second-order valence-electron chi connectivity index (χ2n) is 2.45. The van der Waals surface area contributed by atoms with Gasteiger partial charge >= 0.3 is 0 Å². The van der Waals surface area contributed by atoms with E-state index in [2.05, 4.69) is 17.6 Å². The van der Waals surface area contributed by atoms with E-state index in [0.717, 1.165) is 5.56 Å². The summed E-state index contributed by atoms with van der Waals surface area (Å²) in [6.07, 6.45) is 5.54. The Hall–Kier alpha value is -1.16. The lowest BCUT2D eigenvalue weighted by Crippen LogP contribution is -1.95. The Bertz CT molecular complexity index is 312. The SMILES string of the molecule is COc1ncc(C=CCS)cc1N. The van der Waals surface area contributed by atoms with Crippen molar-refractivity contribution in [3.05, 3.63) is 23.9 Å². The molecule has 3 nitrogen and oxygen atoms in total. The molecule has 0 saturated carbocycles. The number of aromatic nitrogens is 1. The molecule has 0 radical (unpaired) electrons. The van der Waals surface area contributed by atoms with Crippen LogP contribution in [-0.4, -0.2) is 17.8 Å². The summed E-state index contributed by atoms with van der Waals surface area (Å²) in [5.41, 5.74) is 7.16. The van der Waals surface area contributed by atoms with Gasteiger partial charge in [-0.15, -0.1) is 0 Å². The molecule has 0 aliphatic heterocycles. The lowest BCUT2D eigenvalue weighted by Gasteiger charge is -2.02. The van der Waals surface area contributed by atoms with E-state index in [9.17, 15) is 0 Å². The number of anilines is 1. The van der Waals surface area contributed by atoms with Crippen LogP contribution in [-0.2, 0) is 0 Å². The number of nitrogen functional groups attached to an aromatic ring is 1. The van der Waals surface area contributed by atoms with Gasteiger partial charge in [0.05, 0.1) is 12.8 Å². The van der Waals surface area contributed by atoms with E-state index in [1.54, 1.807) is 13.3 Å². The second-order valence-corrected chi connectivity index (χ2v) is 2.82. The van der Waals surface area contributed by atoms with Crippen LogP contribution in [0.1, 0.15) is 5.56 Å². The second kappa shape index (κ2) is 4.77. The fraction of sp³-hybridized carbons (Fsp3) is 0.222. The first-order valence-electron chi connectivity index (χ1n) is 3.85. The summed E-state index contributed by atoms with van der Waals surface area (Å²) in [6.45, 7) is 0. The molecule has 13 heavy (non-hydrogen) atoms. The van der Waals surface area contributed by atoms with Crippen LogP contribution in [0.5, 0.6) is 5.88 Å². The number of nitrogens with zero attached hydrogens (tertiary/aromatic N) is 1. The molecule has 1 heterocycles. The molecule has 1 rings (SSSR count). The molecule has 0 aliphatic rings. The number of ether oxygens (including phenoxy) is 1. The minimum atomic E-state index is 0.461. The summed E-state index contributed by atoms with van der Waals surface area (Å²) in [7, 11) is 1.54. The lowest BCUT2D eigenvalue weighted by molar-refractivity contribution is 0.400. The fourth-order valence-corrected chi connectivity index (χ4v) is 1.04. The molecule has 0 aliphatic carbocycles. The molecule has 70 valence electrons. The normalized spacial score (nSPS) is 10.6. The van der Waals surface area contributed by atoms with E-state index in [-0.39, 0.29) is 0 Å². The van der Waals surface area contributed by atoms with Gasteiger partial charge in [0.25, 0.3) is 0 Å². The predicted octanol–water partition coefficient (Wildman–Crippen LogP) is 1.62. The average Bonchev–Trinajstić information content (AvgIpc) is 2.15. The Morgan fingerprint density at radius 1 is 1.69 bits per heavy atom. The van der Waals surface area contributed by atoms with E-state index < -0.39 is 0 Å². The molecular weight excluding hydrogens is 184 g/mol. The van der Waals surface area contributed by atoms with Crippen molar-refractivity contribution in [3.63, 3.8) is 0 Å². The Morgan fingerprint density at radius 3 is 3.00 bits per heavy atom. The summed E-state index contributed by atoms with van der Waals surface area (Å²) < 4.78 is 4.93. The van der Waals surface area contributed by atoms with Gasteiger partial charge in [0.2, 0.25) is 5.88 Å². The van der Waals surface area contributed by atoms with Crippen LogP contribution in [0.25, 0.3) is 6.08 Å². The molecule has 0 bridgehead atoms. The van der Waals surface area contributed by atoms with E-state index in [1.165, 1.54) is 0 Å². The van der Waals surface area contributed by atoms with E-state index in [4.69, 9.17) is 10.5 Å². The first-order chi connectivity index (χ1) is 6.27. The average molecular weight is 196 g/mol. The Kier molecular flexibility index (Phi) is 3.64. The molecule has 2 N–H and O–H groups in total. The number of pyridine rings is 1. The molecule has 0 spiro atoms.